The monoisotopic (exact) mass is 192 g/mol. The highest BCUT2D eigenvalue weighted by atomic mass is 15.1. The lowest BCUT2D eigenvalue weighted by molar-refractivity contribution is 0.233. The van der Waals surface area contributed by atoms with Gasteiger partial charge in [-0.25, -0.2) is 0 Å². The summed E-state index contributed by atoms with van der Waals surface area (Å²) < 4.78 is 0. The SMILES string of the molecule is CCC(CN)N(C)Cc1ccccc1. The van der Waals surface area contributed by atoms with Crippen LogP contribution >= 0.6 is 0 Å². The molecule has 0 fully saturated rings. The van der Waals surface area contributed by atoms with Gasteiger partial charge in [0.05, 0.1) is 0 Å². The molecule has 0 saturated heterocycles. The van der Waals surface area contributed by atoms with Crippen molar-refractivity contribution in [3.05, 3.63) is 35.9 Å². The number of hydrogen-bond acceptors (Lipinski definition) is 2. The molecule has 0 radical (unpaired) electrons. The number of nitrogens with zero attached hydrogens (tertiary/aromatic N) is 1. The Bertz CT molecular complexity index is 242. The van der Waals surface area contributed by atoms with Gasteiger partial charge in [0.25, 0.3) is 0 Å². The molecule has 1 aromatic rings. The van der Waals surface area contributed by atoms with Crippen LogP contribution in [-0.2, 0) is 6.54 Å². The molecular weight excluding hydrogens is 172 g/mol. The molecule has 0 amide bonds. The first-order chi connectivity index (χ1) is 6.77. The molecule has 14 heavy (non-hydrogen) atoms. The predicted octanol–water partition coefficient (Wildman–Crippen LogP) is 1.86. The van der Waals surface area contributed by atoms with E-state index in [9.17, 15) is 0 Å². The molecular formula is C12H20N2. The maximum atomic E-state index is 5.70. The number of nitrogens with two attached hydrogens (primary N) is 1. The molecule has 0 aliphatic rings. The van der Waals surface area contributed by atoms with Gasteiger partial charge in [-0.1, -0.05) is 37.3 Å². The Balaban J connectivity index is 2.52. The summed E-state index contributed by atoms with van der Waals surface area (Å²) in [7, 11) is 2.13. The van der Waals surface area contributed by atoms with E-state index < -0.39 is 0 Å². The standard InChI is InChI=1S/C12H20N2/c1-3-12(9-13)14(2)10-11-7-5-4-6-8-11/h4-8,12H,3,9-10,13H2,1-2H3. The lowest BCUT2D eigenvalue weighted by atomic mass is 10.1. The minimum Gasteiger partial charge on any atom is -0.329 e. The number of hydrogen-bond donors (Lipinski definition) is 1. The fourth-order valence-electron chi connectivity index (χ4n) is 1.66. The molecule has 1 unspecified atom stereocenters. The fourth-order valence-corrected chi connectivity index (χ4v) is 1.66. The summed E-state index contributed by atoms with van der Waals surface area (Å²) in [5, 5.41) is 0. The molecule has 1 atom stereocenters. The summed E-state index contributed by atoms with van der Waals surface area (Å²) in [5.74, 6) is 0. The summed E-state index contributed by atoms with van der Waals surface area (Å²) in [5.41, 5.74) is 7.05. The van der Waals surface area contributed by atoms with Crippen LogP contribution in [0.3, 0.4) is 0 Å². The van der Waals surface area contributed by atoms with Crippen LogP contribution in [0.25, 0.3) is 0 Å². The summed E-state index contributed by atoms with van der Waals surface area (Å²) in [6, 6.07) is 11.0. The van der Waals surface area contributed by atoms with E-state index in [1.54, 1.807) is 0 Å². The highest BCUT2D eigenvalue weighted by molar-refractivity contribution is 5.14. The number of likely N-dealkylation sites (N-methyl/N-ethyl adjacent to an activating group) is 1. The van der Waals surface area contributed by atoms with Gasteiger partial charge in [-0.15, -0.1) is 0 Å². The molecule has 0 spiro atoms. The van der Waals surface area contributed by atoms with Crippen LogP contribution in [0.4, 0.5) is 0 Å². The van der Waals surface area contributed by atoms with Crippen LogP contribution in [0.2, 0.25) is 0 Å². The largest absolute Gasteiger partial charge is 0.329 e. The number of benzene rings is 1. The Labute approximate surface area is 86.7 Å². The molecule has 0 heterocycles. The van der Waals surface area contributed by atoms with E-state index >= 15 is 0 Å². The first-order valence-electron chi connectivity index (χ1n) is 5.22. The highest BCUT2D eigenvalue weighted by Crippen LogP contribution is 2.07. The van der Waals surface area contributed by atoms with E-state index in [1.165, 1.54) is 5.56 Å². The highest BCUT2D eigenvalue weighted by Gasteiger charge is 2.10. The van der Waals surface area contributed by atoms with Crippen molar-refractivity contribution in [2.45, 2.75) is 25.9 Å². The van der Waals surface area contributed by atoms with E-state index in [4.69, 9.17) is 5.73 Å². The lowest BCUT2D eigenvalue weighted by Gasteiger charge is -2.25. The molecule has 0 aliphatic heterocycles. The second-order valence-electron chi connectivity index (χ2n) is 3.70. The fraction of sp³-hybridized carbons (Fsp3) is 0.500. The van der Waals surface area contributed by atoms with Gasteiger partial charge in [0.2, 0.25) is 0 Å². The predicted molar refractivity (Wildman–Crippen MR) is 61.0 cm³/mol. The van der Waals surface area contributed by atoms with E-state index in [0.717, 1.165) is 19.5 Å². The quantitative estimate of drug-likeness (QED) is 0.771. The molecule has 1 aromatic carbocycles. The maximum absolute atomic E-state index is 5.70. The molecule has 78 valence electrons. The average molecular weight is 192 g/mol. The van der Waals surface area contributed by atoms with Crippen molar-refractivity contribution in [2.75, 3.05) is 13.6 Å². The van der Waals surface area contributed by atoms with Crippen LogP contribution in [0.1, 0.15) is 18.9 Å². The zero-order valence-corrected chi connectivity index (χ0v) is 9.11. The zero-order chi connectivity index (χ0) is 10.4. The maximum Gasteiger partial charge on any atom is 0.0234 e. The van der Waals surface area contributed by atoms with Crippen LogP contribution in [0, 0.1) is 0 Å². The van der Waals surface area contributed by atoms with Gasteiger partial charge in [0, 0.05) is 19.1 Å². The summed E-state index contributed by atoms with van der Waals surface area (Å²) in [6.45, 7) is 3.90. The molecule has 0 bridgehead atoms. The Kier molecular flexibility index (Phi) is 4.63. The van der Waals surface area contributed by atoms with E-state index in [1.807, 2.05) is 6.07 Å². The second kappa shape index (κ2) is 5.78. The van der Waals surface area contributed by atoms with Crippen LogP contribution in [-0.4, -0.2) is 24.5 Å². The summed E-state index contributed by atoms with van der Waals surface area (Å²) >= 11 is 0. The Morgan fingerprint density at radius 1 is 1.29 bits per heavy atom. The van der Waals surface area contributed by atoms with Gasteiger partial charge in [0.15, 0.2) is 0 Å². The minimum atomic E-state index is 0.496. The Morgan fingerprint density at radius 3 is 2.43 bits per heavy atom. The van der Waals surface area contributed by atoms with Crippen LogP contribution in [0.5, 0.6) is 0 Å². The normalized spacial score (nSPS) is 13.1. The third-order valence-corrected chi connectivity index (χ3v) is 2.64. The second-order valence-corrected chi connectivity index (χ2v) is 3.70. The summed E-state index contributed by atoms with van der Waals surface area (Å²) in [4.78, 5) is 2.31. The van der Waals surface area contributed by atoms with Gasteiger partial charge in [-0.2, -0.15) is 0 Å². The topological polar surface area (TPSA) is 29.3 Å². The van der Waals surface area contributed by atoms with Gasteiger partial charge in [-0.05, 0) is 19.0 Å². The van der Waals surface area contributed by atoms with E-state index in [0.29, 0.717) is 6.04 Å². The minimum absolute atomic E-state index is 0.496. The molecule has 2 heteroatoms. The van der Waals surface area contributed by atoms with Crippen LogP contribution < -0.4 is 5.73 Å². The average Bonchev–Trinajstić information content (AvgIpc) is 2.21. The van der Waals surface area contributed by atoms with Gasteiger partial charge >= 0.3 is 0 Å². The lowest BCUT2D eigenvalue weighted by Crippen LogP contribution is -2.36. The van der Waals surface area contributed by atoms with Crippen molar-refractivity contribution in [1.29, 1.82) is 0 Å². The van der Waals surface area contributed by atoms with Crippen molar-refractivity contribution in [1.82, 2.24) is 4.90 Å². The van der Waals surface area contributed by atoms with Gasteiger partial charge in [0.1, 0.15) is 0 Å². The Morgan fingerprint density at radius 2 is 1.93 bits per heavy atom. The molecule has 2 N–H and O–H groups in total. The third kappa shape index (κ3) is 3.13. The van der Waals surface area contributed by atoms with Crippen molar-refractivity contribution >= 4 is 0 Å². The van der Waals surface area contributed by atoms with Crippen molar-refractivity contribution in [3.63, 3.8) is 0 Å². The first-order valence-corrected chi connectivity index (χ1v) is 5.22. The zero-order valence-electron chi connectivity index (χ0n) is 9.11. The molecule has 2 nitrogen and oxygen atoms in total. The third-order valence-electron chi connectivity index (χ3n) is 2.64. The van der Waals surface area contributed by atoms with Crippen molar-refractivity contribution in [3.8, 4) is 0 Å². The molecule has 0 aromatic heterocycles. The van der Waals surface area contributed by atoms with Crippen LogP contribution in [0.15, 0.2) is 30.3 Å². The Hall–Kier alpha value is -0.860. The summed E-state index contributed by atoms with van der Waals surface area (Å²) in [6.07, 6.45) is 1.11. The first kappa shape index (κ1) is 11.2. The molecule has 0 saturated carbocycles. The van der Waals surface area contributed by atoms with Crippen molar-refractivity contribution in [2.24, 2.45) is 5.73 Å². The van der Waals surface area contributed by atoms with E-state index in [-0.39, 0.29) is 0 Å². The molecule has 0 aliphatic carbocycles. The smallest absolute Gasteiger partial charge is 0.0234 e. The van der Waals surface area contributed by atoms with E-state index in [2.05, 4.69) is 43.1 Å². The van der Waals surface area contributed by atoms with Gasteiger partial charge < -0.3 is 5.73 Å². The number of rotatable bonds is 5. The van der Waals surface area contributed by atoms with Crippen molar-refractivity contribution < 1.29 is 0 Å². The molecule has 1 rings (SSSR count). The van der Waals surface area contributed by atoms with Gasteiger partial charge in [-0.3, -0.25) is 4.90 Å².